The lowest BCUT2D eigenvalue weighted by molar-refractivity contribution is 0.546. The van der Waals surface area contributed by atoms with E-state index in [2.05, 4.69) is 102 Å². The lowest BCUT2D eigenvalue weighted by Gasteiger charge is -2.23. The molecule has 5 rings (SSSR count). The van der Waals surface area contributed by atoms with E-state index in [0.29, 0.717) is 6.01 Å². The first-order valence-corrected chi connectivity index (χ1v) is 12.7. The van der Waals surface area contributed by atoms with Crippen LogP contribution in [0.5, 0.6) is 0 Å². The number of benzene rings is 3. The maximum absolute atomic E-state index is 6.12. The molecule has 1 aliphatic rings. The number of hydrogen-bond donors (Lipinski definition) is 0. The molecule has 0 saturated carbocycles. The second-order valence-electron chi connectivity index (χ2n) is 11.7. The van der Waals surface area contributed by atoms with Gasteiger partial charge < -0.3 is 4.42 Å². The van der Waals surface area contributed by atoms with Crippen LogP contribution < -0.4 is 5.01 Å². The Morgan fingerprint density at radius 2 is 1.39 bits per heavy atom. The highest BCUT2D eigenvalue weighted by atomic mass is 16.4. The smallest absolute Gasteiger partial charge is 0.320 e. The summed E-state index contributed by atoms with van der Waals surface area (Å²) >= 11 is 0. The van der Waals surface area contributed by atoms with Crippen LogP contribution >= 0.6 is 0 Å². The molecule has 0 radical (unpaired) electrons. The summed E-state index contributed by atoms with van der Waals surface area (Å²) in [5.41, 5.74) is 7.89. The first-order valence-electron chi connectivity index (χ1n) is 12.7. The Bertz CT molecular complexity index is 1380. The van der Waals surface area contributed by atoms with Crippen molar-refractivity contribution >= 4 is 28.9 Å². The van der Waals surface area contributed by atoms with Gasteiger partial charge in [-0.1, -0.05) is 108 Å². The molecule has 1 unspecified atom stereocenters. The Balaban J connectivity index is 1.45. The average Bonchev–Trinajstić information content (AvgIpc) is 3.46. The van der Waals surface area contributed by atoms with E-state index in [-0.39, 0.29) is 16.9 Å². The van der Waals surface area contributed by atoms with E-state index >= 15 is 0 Å². The molecule has 2 heterocycles. The number of hydrazone groups is 1. The van der Waals surface area contributed by atoms with Gasteiger partial charge in [0.2, 0.25) is 0 Å². The zero-order chi connectivity index (χ0) is 25.5. The van der Waals surface area contributed by atoms with Crippen molar-refractivity contribution in [3.63, 3.8) is 0 Å². The van der Waals surface area contributed by atoms with Gasteiger partial charge in [0.15, 0.2) is 5.58 Å². The summed E-state index contributed by atoms with van der Waals surface area (Å²) in [5, 5.41) is 6.90. The molecule has 0 spiro atoms. The van der Waals surface area contributed by atoms with Crippen molar-refractivity contribution in [3.05, 3.63) is 101 Å². The van der Waals surface area contributed by atoms with Gasteiger partial charge in [-0.2, -0.15) is 10.1 Å². The molecule has 0 N–H and O–H groups in total. The first kappa shape index (κ1) is 24.1. The molecule has 4 heteroatoms. The summed E-state index contributed by atoms with van der Waals surface area (Å²) in [6.07, 6.45) is 5.04. The highest BCUT2D eigenvalue weighted by Crippen LogP contribution is 2.37. The lowest BCUT2D eigenvalue weighted by Crippen LogP contribution is -2.19. The third kappa shape index (κ3) is 4.99. The van der Waals surface area contributed by atoms with Gasteiger partial charge in [-0.05, 0) is 51.3 Å². The summed E-state index contributed by atoms with van der Waals surface area (Å²) in [7, 11) is 0. The Kier molecular flexibility index (Phi) is 6.07. The van der Waals surface area contributed by atoms with Crippen molar-refractivity contribution in [1.29, 1.82) is 0 Å². The van der Waals surface area contributed by atoms with E-state index in [0.717, 1.165) is 28.8 Å². The molecule has 1 aromatic heterocycles. The minimum absolute atomic E-state index is 0.0231. The molecule has 36 heavy (non-hydrogen) atoms. The molecule has 3 aromatic carbocycles. The fraction of sp³-hybridized carbons (Fsp3) is 0.312. The molecular formula is C32H35N3O. The number of rotatable bonds is 4. The van der Waals surface area contributed by atoms with Crippen LogP contribution in [-0.4, -0.2) is 10.7 Å². The van der Waals surface area contributed by atoms with Crippen LogP contribution in [0.1, 0.15) is 76.3 Å². The Hall–Kier alpha value is -3.66. The monoisotopic (exact) mass is 477 g/mol. The molecule has 0 amide bonds. The van der Waals surface area contributed by atoms with Crippen molar-refractivity contribution in [2.45, 2.75) is 64.8 Å². The Labute approximate surface area is 214 Å². The van der Waals surface area contributed by atoms with Crippen molar-refractivity contribution in [3.8, 4) is 0 Å². The van der Waals surface area contributed by atoms with E-state index in [1.165, 1.54) is 16.7 Å². The number of para-hydroxylation sites is 2. The van der Waals surface area contributed by atoms with Gasteiger partial charge in [0.25, 0.3) is 0 Å². The van der Waals surface area contributed by atoms with Crippen LogP contribution in [0.25, 0.3) is 17.2 Å². The van der Waals surface area contributed by atoms with Crippen LogP contribution in [0.15, 0.2) is 88.4 Å². The van der Waals surface area contributed by atoms with Gasteiger partial charge in [0, 0.05) is 6.42 Å². The summed E-state index contributed by atoms with van der Waals surface area (Å²) in [4.78, 5) is 4.74. The van der Waals surface area contributed by atoms with Crippen molar-refractivity contribution in [2.24, 2.45) is 5.10 Å². The first-order chi connectivity index (χ1) is 17.1. The highest BCUT2D eigenvalue weighted by molar-refractivity contribution is 6.01. The van der Waals surface area contributed by atoms with Gasteiger partial charge in [-0.25, -0.2) is 5.01 Å². The fourth-order valence-corrected chi connectivity index (χ4v) is 4.52. The topological polar surface area (TPSA) is 41.6 Å². The molecule has 184 valence electrons. The van der Waals surface area contributed by atoms with E-state index < -0.39 is 0 Å². The quantitative estimate of drug-likeness (QED) is 0.296. The number of fused-ring (bicyclic) bond motifs is 1. The Morgan fingerprint density at radius 1 is 0.778 bits per heavy atom. The zero-order valence-electron chi connectivity index (χ0n) is 22.1. The minimum atomic E-state index is 0.0231. The summed E-state index contributed by atoms with van der Waals surface area (Å²) in [6.45, 7) is 13.4. The van der Waals surface area contributed by atoms with Gasteiger partial charge in [-0.3, -0.25) is 0 Å². The molecule has 1 aliphatic heterocycles. The van der Waals surface area contributed by atoms with Gasteiger partial charge >= 0.3 is 6.01 Å². The van der Waals surface area contributed by atoms with Crippen molar-refractivity contribution in [2.75, 3.05) is 5.01 Å². The average molecular weight is 478 g/mol. The third-order valence-electron chi connectivity index (χ3n) is 6.82. The molecule has 0 saturated heterocycles. The van der Waals surface area contributed by atoms with Gasteiger partial charge in [0.05, 0.1) is 11.8 Å². The van der Waals surface area contributed by atoms with Crippen LogP contribution in [0.2, 0.25) is 0 Å². The lowest BCUT2D eigenvalue weighted by atomic mass is 9.86. The second kappa shape index (κ2) is 9.09. The molecule has 4 nitrogen and oxygen atoms in total. The maximum Gasteiger partial charge on any atom is 0.320 e. The fourth-order valence-electron chi connectivity index (χ4n) is 4.52. The molecule has 1 atom stereocenters. The Morgan fingerprint density at radius 3 is 2.00 bits per heavy atom. The largest absolute Gasteiger partial charge is 0.422 e. The second-order valence-corrected chi connectivity index (χ2v) is 11.7. The van der Waals surface area contributed by atoms with Crippen molar-refractivity contribution < 1.29 is 4.42 Å². The van der Waals surface area contributed by atoms with Gasteiger partial charge in [-0.15, -0.1) is 0 Å². The van der Waals surface area contributed by atoms with E-state index in [1.807, 2.05) is 29.3 Å². The van der Waals surface area contributed by atoms with Crippen LogP contribution in [0.3, 0.4) is 0 Å². The third-order valence-corrected chi connectivity index (χ3v) is 6.82. The number of oxazole rings is 1. The molecule has 4 aromatic rings. The normalized spacial score (nSPS) is 16.8. The number of anilines is 1. The number of hydrogen-bond acceptors (Lipinski definition) is 4. The standard InChI is InChI=1S/C32H35N3O/c1-31(2,3)24-16-11-22(12-17-24)13-20-26-21-28(23-14-18-25(19-15-23)32(4,5)6)35(34-26)30-33-27-9-7-8-10-29(27)36-30/h7-20,28H,21H2,1-6H3/b20-13+. The predicted octanol–water partition coefficient (Wildman–Crippen LogP) is 8.44. The molecule has 0 aliphatic carbocycles. The number of allylic oxidation sites excluding steroid dienone is 1. The highest BCUT2D eigenvalue weighted by Gasteiger charge is 2.32. The molecule has 0 bridgehead atoms. The summed E-state index contributed by atoms with van der Waals surface area (Å²) in [6, 6.07) is 26.1. The zero-order valence-corrected chi connectivity index (χ0v) is 22.1. The van der Waals surface area contributed by atoms with E-state index in [9.17, 15) is 0 Å². The number of aromatic nitrogens is 1. The maximum atomic E-state index is 6.12. The van der Waals surface area contributed by atoms with Crippen LogP contribution in [-0.2, 0) is 10.8 Å². The summed E-state index contributed by atoms with van der Waals surface area (Å²) < 4.78 is 6.12. The van der Waals surface area contributed by atoms with E-state index in [4.69, 9.17) is 14.5 Å². The van der Waals surface area contributed by atoms with E-state index in [1.54, 1.807) is 0 Å². The minimum Gasteiger partial charge on any atom is -0.422 e. The van der Waals surface area contributed by atoms with Gasteiger partial charge in [0.1, 0.15) is 5.52 Å². The number of nitrogens with zero attached hydrogens (tertiary/aromatic N) is 3. The van der Waals surface area contributed by atoms with Crippen LogP contribution in [0.4, 0.5) is 6.01 Å². The predicted molar refractivity (Wildman–Crippen MR) is 151 cm³/mol. The van der Waals surface area contributed by atoms with Crippen molar-refractivity contribution in [1.82, 2.24) is 4.98 Å². The SMILES string of the molecule is CC(C)(C)c1ccc(/C=C/C2=NN(c3nc4ccccc4o3)C(c3ccc(C(C)(C)C)cc3)C2)cc1. The van der Waals surface area contributed by atoms with Crippen LogP contribution in [0, 0.1) is 0 Å². The summed E-state index contributed by atoms with van der Waals surface area (Å²) in [5.74, 6) is 0. The molecule has 0 fully saturated rings. The molecular weight excluding hydrogens is 442 g/mol.